The Labute approximate surface area is 224 Å². The van der Waals surface area contributed by atoms with Crippen LogP contribution in [0.1, 0.15) is 32.1 Å². The fraction of sp³-hybridized carbons (Fsp3) is 0.462. The number of nitrogens with one attached hydrogen (secondary N) is 2. The van der Waals surface area contributed by atoms with Gasteiger partial charge in [0.25, 0.3) is 11.8 Å². The van der Waals surface area contributed by atoms with Crippen LogP contribution in [0.3, 0.4) is 0 Å². The minimum Gasteiger partial charge on any atom is -0.484 e. The number of carbonyl (C=O) groups excluding carboxylic acids is 2. The van der Waals surface area contributed by atoms with Gasteiger partial charge in [-0.2, -0.15) is 0 Å². The van der Waals surface area contributed by atoms with Gasteiger partial charge in [0.1, 0.15) is 17.3 Å². The zero-order chi connectivity index (χ0) is 26.4. The number of benzene rings is 2. The maximum Gasteiger partial charge on any atom is 0.263 e. The third-order valence-corrected chi connectivity index (χ3v) is 8.23. The number of ether oxygens (including phenoxy) is 2. The van der Waals surface area contributed by atoms with E-state index in [1.165, 1.54) is 12.1 Å². The first-order chi connectivity index (χ1) is 17.6. The van der Waals surface area contributed by atoms with Crippen LogP contribution < -0.4 is 25.0 Å². The van der Waals surface area contributed by atoms with Crippen molar-refractivity contribution >= 4 is 40.7 Å². The zero-order valence-electron chi connectivity index (χ0n) is 20.2. The molecule has 2 amide bonds. The number of carbonyl (C=O) groups is 2. The Kier molecular flexibility index (Phi) is 6.89. The molecule has 8 nitrogen and oxygen atoms in total. The smallest absolute Gasteiger partial charge is 0.263 e. The van der Waals surface area contributed by atoms with Crippen LogP contribution in [0, 0.1) is 5.82 Å². The number of nitrogens with zero attached hydrogens (tertiary/aromatic N) is 1. The molecule has 0 spiro atoms. The Morgan fingerprint density at radius 1 is 1.16 bits per heavy atom. The summed E-state index contributed by atoms with van der Waals surface area (Å²) in [5.41, 5.74) is -0.536. The molecule has 3 fully saturated rings. The number of aliphatic hydroxyl groups excluding tert-OH is 1. The lowest BCUT2D eigenvalue weighted by Crippen LogP contribution is -2.71. The van der Waals surface area contributed by atoms with Gasteiger partial charge in [0.15, 0.2) is 12.7 Å². The summed E-state index contributed by atoms with van der Waals surface area (Å²) in [4.78, 5) is 27.8. The van der Waals surface area contributed by atoms with Crippen molar-refractivity contribution in [2.75, 3.05) is 25.1 Å². The van der Waals surface area contributed by atoms with Gasteiger partial charge in [0.05, 0.1) is 28.9 Å². The first-order valence-corrected chi connectivity index (χ1v) is 12.9. The molecule has 2 bridgehead atoms. The van der Waals surface area contributed by atoms with E-state index in [1.807, 2.05) is 11.9 Å². The van der Waals surface area contributed by atoms with Crippen molar-refractivity contribution < 1.29 is 28.6 Å². The molecule has 6 rings (SSSR count). The van der Waals surface area contributed by atoms with Crippen molar-refractivity contribution in [3.63, 3.8) is 0 Å². The van der Waals surface area contributed by atoms with Gasteiger partial charge in [-0.25, -0.2) is 4.39 Å². The molecular weight excluding hydrogens is 524 g/mol. The summed E-state index contributed by atoms with van der Waals surface area (Å²) in [6.07, 6.45) is 0.989. The van der Waals surface area contributed by atoms with E-state index in [9.17, 15) is 19.1 Å². The SMILES string of the molecule is CN1CC(C(=O)NC23CCC(NC(=O)COc4ccc(Cl)c(F)c4)(CC2)[C@@H](O)C3)Oc2ccc(Cl)cc21. The van der Waals surface area contributed by atoms with E-state index in [0.29, 0.717) is 49.4 Å². The number of anilines is 1. The third-order valence-electron chi connectivity index (χ3n) is 7.69. The van der Waals surface area contributed by atoms with Gasteiger partial charge in [0.2, 0.25) is 0 Å². The highest BCUT2D eigenvalue weighted by Gasteiger charge is 2.55. The van der Waals surface area contributed by atoms with Gasteiger partial charge in [-0.15, -0.1) is 0 Å². The van der Waals surface area contributed by atoms with E-state index >= 15 is 0 Å². The number of hydrogen-bond acceptors (Lipinski definition) is 6. The molecule has 3 aliphatic carbocycles. The Morgan fingerprint density at radius 3 is 2.62 bits per heavy atom. The second-order valence-corrected chi connectivity index (χ2v) is 11.0. The molecule has 37 heavy (non-hydrogen) atoms. The predicted octanol–water partition coefficient (Wildman–Crippen LogP) is 3.46. The molecule has 1 unspecified atom stereocenters. The molecule has 198 valence electrons. The molecular formula is C26H28Cl2FN3O5. The molecule has 2 aromatic rings. The summed E-state index contributed by atoms with van der Waals surface area (Å²) in [5.74, 6) is -0.504. The monoisotopic (exact) mass is 551 g/mol. The lowest BCUT2D eigenvalue weighted by molar-refractivity contribution is -0.139. The van der Waals surface area contributed by atoms with E-state index in [4.69, 9.17) is 32.7 Å². The third kappa shape index (κ3) is 5.17. The molecule has 1 aliphatic heterocycles. The summed E-state index contributed by atoms with van der Waals surface area (Å²) < 4.78 is 25.0. The fourth-order valence-corrected chi connectivity index (χ4v) is 5.88. The van der Waals surface area contributed by atoms with E-state index in [-0.39, 0.29) is 23.3 Å². The molecule has 3 saturated carbocycles. The van der Waals surface area contributed by atoms with E-state index < -0.39 is 35.0 Å². The van der Waals surface area contributed by atoms with E-state index in [2.05, 4.69) is 10.6 Å². The Balaban J connectivity index is 1.17. The second kappa shape index (κ2) is 9.85. The van der Waals surface area contributed by atoms with Crippen LogP contribution in [0.15, 0.2) is 36.4 Å². The Hall–Kier alpha value is -2.75. The van der Waals surface area contributed by atoms with Crippen molar-refractivity contribution in [3.05, 3.63) is 52.3 Å². The number of likely N-dealkylation sites (N-methyl/N-ethyl adjacent to an activating group) is 1. The van der Waals surface area contributed by atoms with Gasteiger partial charge >= 0.3 is 0 Å². The van der Waals surface area contributed by atoms with Crippen LogP contribution in [0.25, 0.3) is 0 Å². The number of amides is 2. The average Bonchev–Trinajstić information content (AvgIpc) is 2.86. The number of halogens is 3. The quantitative estimate of drug-likeness (QED) is 0.508. The number of fused-ring (bicyclic) bond motifs is 4. The highest BCUT2D eigenvalue weighted by Crippen LogP contribution is 2.47. The maximum atomic E-state index is 13.6. The lowest BCUT2D eigenvalue weighted by Gasteiger charge is -2.56. The van der Waals surface area contributed by atoms with Crippen molar-refractivity contribution in [2.45, 2.75) is 55.4 Å². The maximum absolute atomic E-state index is 13.6. The van der Waals surface area contributed by atoms with Crippen molar-refractivity contribution in [3.8, 4) is 11.5 Å². The highest BCUT2D eigenvalue weighted by molar-refractivity contribution is 6.31. The first kappa shape index (κ1) is 25.9. The summed E-state index contributed by atoms with van der Waals surface area (Å²) >= 11 is 11.8. The van der Waals surface area contributed by atoms with Gasteiger partial charge in [-0.3, -0.25) is 9.59 Å². The summed E-state index contributed by atoms with van der Waals surface area (Å²) in [6.45, 7) is 0.0476. The van der Waals surface area contributed by atoms with Gasteiger partial charge in [-0.05, 0) is 62.4 Å². The van der Waals surface area contributed by atoms with Crippen LogP contribution in [0.5, 0.6) is 11.5 Å². The minimum absolute atomic E-state index is 0.0319. The zero-order valence-corrected chi connectivity index (χ0v) is 21.7. The number of aliphatic hydroxyl groups is 1. The first-order valence-electron chi connectivity index (χ1n) is 12.1. The topological polar surface area (TPSA) is 100 Å². The fourth-order valence-electron chi connectivity index (χ4n) is 5.60. The average molecular weight is 552 g/mol. The number of hydrogen-bond donors (Lipinski definition) is 3. The molecule has 0 aromatic heterocycles. The minimum atomic E-state index is -0.843. The molecule has 11 heteroatoms. The molecule has 2 atom stereocenters. The summed E-state index contributed by atoms with van der Waals surface area (Å²) in [7, 11) is 1.88. The predicted molar refractivity (Wildman–Crippen MR) is 137 cm³/mol. The van der Waals surface area contributed by atoms with E-state index in [0.717, 1.165) is 11.8 Å². The van der Waals surface area contributed by atoms with E-state index in [1.54, 1.807) is 18.2 Å². The van der Waals surface area contributed by atoms with Crippen LogP contribution in [-0.2, 0) is 9.59 Å². The summed E-state index contributed by atoms with van der Waals surface area (Å²) in [5, 5.41) is 17.7. The largest absolute Gasteiger partial charge is 0.484 e. The lowest BCUT2D eigenvalue weighted by atomic mass is 9.60. The van der Waals surface area contributed by atoms with Gasteiger partial charge < -0.3 is 30.1 Å². The second-order valence-electron chi connectivity index (χ2n) is 10.2. The van der Waals surface area contributed by atoms with Gasteiger partial charge in [0, 0.05) is 23.7 Å². The molecule has 2 aromatic carbocycles. The highest BCUT2D eigenvalue weighted by atomic mass is 35.5. The standard InChI is InChI=1S/C26H28Cl2FN3O5/c1-32-13-21(37-20-5-2-15(27)10-19(20)32)24(35)31-25-6-8-26(9-7-25,22(33)12-25)30-23(34)14-36-16-3-4-17(28)18(29)11-16/h2-5,10-11,21-22,33H,6-9,12-14H2,1H3,(H,30,34)(H,31,35)/t21?,22-,25?,26?/m0/s1. The summed E-state index contributed by atoms with van der Waals surface area (Å²) in [6, 6.07) is 9.22. The Bertz CT molecular complexity index is 1220. The molecule has 0 saturated heterocycles. The normalized spacial score (nSPS) is 28.2. The van der Waals surface area contributed by atoms with Crippen molar-refractivity contribution in [1.82, 2.24) is 10.6 Å². The molecule has 0 radical (unpaired) electrons. The molecule has 3 N–H and O–H groups in total. The molecule has 1 heterocycles. The Morgan fingerprint density at radius 2 is 1.92 bits per heavy atom. The van der Waals surface area contributed by atoms with Crippen LogP contribution in [0.4, 0.5) is 10.1 Å². The van der Waals surface area contributed by atoms with Crippen LogP contribution >= 0.6 is 23.2 Å². The van der Waals surface area contributed by atoms with Crippen LogP contribution in [0.2, 0.25) is 10.0 Å². The molecule has 4 aliphatic rings. The number of rotatable bonds is 6. The van der Waals surface area contributed by atoms with Gasteiger partial charge in [-0.1, -0.05) is 23.2 Å². The van der Waals surface area contributed by atoms with Crippen molar-refractivity contribution in [2.24, 2.45) is 0 Å². The van der Waals surface area contributed by atoms with Crippen LogP contribution in [-0.4, -0.2) is 60.4 Å². The van der Waals surface area contributed by atoms with Crippen molar-refractivity contribution in [1.29, 1.82) is 0 Å².